The van der Waals surface area contributed by atoms with Crippen LogP contribution in [0.5, 0.6) is 0 Å². The number of hydrogen-bond donors (Lipinski definition) is 2. The zero-order valence-corrected chi connectivity index (χ0v) is 12.4. The molecule has 0 saturated heterocycles. The minimum absolute atomic E-state index is 0.0219. The molecule has 0 spiro atoms. The number of amides is 1. The number of carbonyl (C=O) groups is 1. The molecular weight excluding hydrogens is 246 g/mol. The van der Waals surface area contributed by atoms with Crippen LogP contribution < -0.4 is 11.1 Å². The molecule has 0 saturated carbocycles. The molecule has 0 aromatic carbocycles. The van der Waals surface area contributed by atoms with Crippen molar-refractivity contribution in [3.8, 4) is 0 Å². The molecule has 1 amide bonds. The molecule has 3 unspecified atom stereocenters. The van der Waals surface area contributed by atoms with Crippen LogP contribution in [0.3, 0.4) is 0 Å². The molecule has 1 heterocycles. The third-order valence-corrected chi connectivity index (χ3v) is 4.30. The summed E-state index contributed by atoms with van der Waals surface area (Å²) in [4.78, 5) is 16.5. The van der Waals surface area contributed by atoms with E-state index in [0.717, 1.165) is 23.5 Å². The summed E-state index contributed by atoms with van der Waals surface area (Å²) in [5.74, 6) is 0.115. The van der Waals surface area contributed by atoms with Crippen LogP contribution in [0.2, 0.25) is 0 Å². The second kappa shape index (κ2) is 6.85. The summed E-state index contributed by atoms with van der Waals surface area (Å²) >= 11 is 1.58. The molecular formula is C13H23N3OS. The number of nitrogens with two attached hydrogens (primary N) is 1. The zero-order chi connectivity index (χ0) is 13.7. The molecule has 0 radical (unpaired) electrons. The van der Waals surface area contributed by atoms with E-state index >= 15 is 0 Å². The maximum absolute atomic E-state index is 12.0. The molecule has 0 fully saturated rings. The van der Waals surface area contributed by atoms with E-state index in [0.29, 0.717) is 0 Å². The van der Waals surface area contributed by atoms with Crippen molar-refractivity contribution in [3.63, 3.8) is 0 Å². The third kappa shape index (κ3) is 3.78. The van der Waals surface area contributed by atoms with Gasteiger partial charge >= 0.3 is 0 Å². The Kier molecular flexibility index (Phi) is 5.75. The van der Waals surface area contributed by atoms with Gasteiger partial charge in [-0.15, -0.1) is 11.3 Å². The van der Waals surface area contributed by atoms with Crippen molar-refractivity contribution in [1.82, 2.24) is 10.3 Å². The van der Waals surface area contributed by atoms with Crippen molar-refractivity contribution < 1.29 is 4.79 Å². The second-order valence-electron chi connectivity index (χ2n) is 4.71. The topological polar surface area (TPSA) is 68.0 Å². The number of carbonyl (C=O) groups excluding carboxylic acids is 1. The van der Waals surface area contributed by atoms with Crippen LogP contribution in [0, 0.1) is 12.8 Å². The molecule has 3 atom stereocenters. The van der Waals surface area contributed by atoms with E-state index in [2.05, 4.69) is 10.3 Å². The normalized spacial score (nSPS) is 16.1. The summed E-state index contributed by atoms with van der Waals surface area (Å²) in [6.45, 7) is 8.04. The van der Waals surface area contributed by atoms with Gasteiger partial charge in [0, 0.05) is 11.1 Å². The fourth-order valence-corrected chi connectivity index (χ4v) is 2.58. The molecule has 5 heteroatoms. The number of thiazole rings is 1. The average Bonchev–Trinajstić information content (AvgIpc) is 2.80. The smallest absolute Gasteiger partial charge is 0.237 e. The first-order valence-electron chi connectivity index (χ1n) is 6.47. The van der Waals surface area contributed by atoms with Crippen LogP contribution in [0.15, 0.2) is 5.38 Å². The second-order valence-corrected chi connectivity index (χ2v) is 5.60. The Hall–Kier alpha value is -0.940. The Bertz CT molecular complexity index is 391. The van der Waals surface area contributed by atoms with Crippen molar-refractivity contribution in [3.05, 3.63) is 16.1 Å². The van der Waals surface area contributed by atoms with Crippen LogP contribution in [0.1, 0.15) is 50.4 Å². The summed E-state index contributed by atoms with van der Waals surface area (Å²) in [5.41, 5.74) is 6.92. The number of rotatable bonds is 6. The number of aromatic nitrogens is 1. The fourth-order valence-electron chi connectivity index (χ4n) is 1.65. The van der Waals surface area contributed by atoms with Gasteiger partial charge in [-0.25, -0.2) is 4.98 Å². The molecule has 18 heavy (non-hydrogen) atoms. The van der Waals surface area contributed by atoms with E-state index in [-0.39, 0.29) is 17.9 Å². The van der Waals surface area contributed by atoms with Gasteiger partial charge in [0.2, 0.25) is 5.91 Å². The average molecular weight is 269 g/mol. The first kappa shape index (κ1) is 15.1. The number of hydrogen-bond acceptors (Lipinski definition) is 4. The van der Waals surface area contributed by atoms with Crippen molar-refractivity contribution in [2.45, 2.75) is 52.6 Å². The van der Waals surface area contributed by atoms with Gasteiger partial charge in [0.15, 0.2) is 0 Å². The summed E-state index contributed by atoms with van der Waals surface area (Å²) in [6, 6.07) is -0.462. The maximum atomic E-state index is 12.0. The van der Waals surface area contributed by atoms with Gasteiger partial charge in [0.05, 0.1) is 12.1 Å². The summed E-state index contributed by atoms with van der Waals surface area (Å²) < 4.78 is 0. The Morgan fingerprint density at radius 2 is 2.17 bits per heavy atom. The number of nitrogens with zero attached hydrogens (tertiary/aromatic N) is 1. The molecule has 4 nitrogen and oxygen atoms in total. The predicted octanol–water partition coefficient (Wildman–Crippen LogP) is 2.39. The molecule has 1 rings (SSSR count). The molecule has 0 aliphatic heterocycles. The van der Waals surface area contributed by atoms with Crippen LogP contribution in [-0.4, -0.2) is 16.9 Å². The van der Waals surface area contributed by atoms with Crippen molar-refractivity contribution >= 4 is 17.2 Å². The minimum atomic E-state index is -0.440. The van der Waals surface area contributed by atoms with Crippen LogP contribution >= 0.6 is 11.3 Å². The first-order valence-corrected chi connectivity index (χ1v) is 7.35. The highest BCUT2D eigenvalue weighted by Crippen LogP contribution is 2.21. The van der Waals surface area contributed by atoms with Gasteiger partial charge in [-0.1, -0.05) is 27.2 Å². The van der Waals surface area contributed by atoms with Gasteiger partial charge in [-0.3, -0.25) is 4.79 Å². The zero-order valence-electron chi connectivity index (χ0n) is 11.6. The summed E-state index contributed by atoms with van der Waals surface area (Å²) in [5, 5.41) is 5.95. The van der Waals surface area contributed by atoms with Crippen molar-refractivity contribution in [2.24, 2.45) is 11.7 Å². The SMILES string of the molecule is CCC(NC(=O)C(N)C(C)CC)c1nc(C)cs1. The van der Waals surface area contributed by atoms with E-state index in [1.54, 1.807) is 11.3 Å². The molecule has 0 aliphatic rings. The molecule has 0 bridgehead atoms. The van der Waals surface area contributed by atoms with Crippen molar-refractivity contribution in [1.29, 1.82) is 0 Å². The first-order chi connectivity index (χ1) is 8.49. The van der Waals surface area contributed by atoms with Crippen LogP contribution in [0.25, 0.3) is 0 Å². The number of aryl methyl sites for hydroxylation is 1. The molecule has 102 valence electrons. The molecule has 1 aromatic heterocycles. The largest absolute Gasteiger partial charge is 0.346 e. The molecule has 0 aliphatic carbocycles. The third-order valence-electron chi connectivity index (χ3n) is 3.22. The van der Waals surface area contributed by atoms with Gasteiger partial charge in [0.25, 0.3) is 0 Å². The Morgan fingerprint density at radius 1 is 1.50 bits per heavy atom. The quantitative estimate of drug-likeness (QED) is 0.833. The Labute approximate surface area is 113 Å². The van der Waals surface area contributed by atoms with Crippen LogP contribution in [0.4, 0.5) is 0 Å². The lowest BCUT2D eigenvalue weighted by molar-refractivity contribution is -0.124. The highest BCUT2D eigenvalue weighted by Gasteiger charge is 2.23. The van der Waals surface area contributed by atoms with Gasteiger partial charge < -0.3 is 11.1 Å². The van der Waals surface area contributed by atoms with E-state index < -0.39 is 6.04 Å². The predicted molar refractivity (Wildman–Crippen MR) is 75.5 cm³/mol. The summed E-state index contributed by atoms with van der Waals surface area (Å²) in [6.07, 6.45) is 1.73. The van der Waals surface area contributed by atoms with E-state index in [9.17, 15) is 4.79 Å². The van der Waals surface area contributed by atoms with Gasteiger partial charge in [0.1, 0.15) is 5.01 Å². The van der Waals surface area contributed by atoms with Gasteiger partial charge in [-0.05, 0) is 19.3 Å². The highest BCUT2D eigenvalue weighted by molar-refractivity contribution is 7.09. The minimum Gasteiger partial charge on any atom is -0.346 e. The lowest BCUT2D eigenvalue weighted by Crippen LogP contribution is -2.45. The number of nitrogens with one attached hydrogen (secondary N) is 1. The monoisotopic (exact) mass is 269 g/mol. The lowest BCUT2D eigenvalue weighted by Gasteiger charge is -2.21. The van der Waals surface area contributed by atoms with E-state index in [1.807, 2.05) is 33.1 Å². The fraction of sp³-hybridized carbons (Fsp3) is 0.692. The Balaban J connectivity index is 2.66. The van der Waals surface area contributed by atoms with E-state index in [1.165, 1.54) is 0 Å². The molecule has 3 N–H and O–H groups in total. The standard InChI is InChI=1S/C13H23N3OS/c1-5-8(3)11(14)12(17)16-10(6-2)13-15-9(4)7-18-13/h7-8,10-11H,5-6,14H2,1-4H3,(H,16,17). The van der Waals surface area contributed by atoms with Gasteiger partial charge in [-0.2, -0.15) is 0 Å². The van der Waals surface area contributed by atoms with Crippen molar-refractivity contribution in [2.75, 3.05) is 0 Å². The highest BCUT2D eigenvalue weighted by atomic mass is 32.1. The Morgan fingerprint density at radius 3 is 2.61 bits per heavy atom. The van der Waals surface area contributed by atoms with E-state index in [4.69, 9.17) is 5.73 Å². The van der Waals surface area contributed by atoms with Crippen LogP contribution in [-0.2, 0) is 4.79 Å². The maximum Gasteiger partial charge on any atom is 0.237 e. The molecule has 1 aromatic rings. The summed E-state index contributed by atoms with van der Waals surface area (Å²) in [7, 11) is 0. The lowest BCUT2D eigenvalue weighted by atomic mass is 9.99.